The van der Waals surface area contributed by atoms with Crippen molar-refractivity contribution >= 4 is 46.6 Å². The second kappa shape index (κ2) is 10.1. The van der Waals surface area contributed by atoms with Gasteiger partial charge in [-0.3, -0.25) is 0 Å². The third-order valence-electron chi connectivity index (χ3n) is 4.98. The first-order valence-corrected chi connectivity index (χ1v) is 10.6. The number of aliphatic imine (C=N–C) groups is 1. The minimum Gasteiger partial charge on any atom is -0.370 e. The van der Waals surface area contributed by atoms with E-state index >= 15 is 0 Å². The van der Waals surface area contributed by atoms with Gasteiger partial charge in [0.15, 0.2) is 0 Å². The zero-order valence-electron chi connectivity index (χ0n) is 16.8. The van der Waals surface area contributed by atoms with Crippen molar-refractivity contribution in [2.24, 2.45) is 16.6 Å². The molecule has 156 valence electrons. The molecule has 1 fully saturated rings. The van der Waals surface area contributed by atoms with Crippen LogP contribution in [0.3, 0.4) is 0 Å². The number of likely N-dealkylation sites (tertiary alicyclic amines) is 1. The Morgan fingerprint density at radius 2 is 1.97 bits per heavy atom. The number of hydrogen-bond donors (Lipinski definition) is 3. The Labute approximate surface area is 181 Å². The summed E-state index contributed by atoms with van der Waals surface area (Å²) in [5, 5.41) is 7.32. The number of aromatic nitrogens is 2. The van der Waals surface area contributed by atoms with E-state index in [0.717, 1.165) is 37.7 Å². The number of hydrogen-bond acceptors (Lipinski definition) is 5. The summed E-state index contributed by atoms with van der Waals surface area (Å²) in [6, 6.07) is 7.06. The Hall–Kier alpha value is -2.09. The molecule has 2 aromatic rings. The van der Waals surface area contributed by atoms with Crippen LogP contribution in [0.15, 0.2) is 29.3 Å². The van der Waals surface area contributed by atoms with Gasteiger partial charge in [-0.05, 0) is 63.5 Å². The van der Waals surface area contributed by atoms with Crippen molar-refractivity contribution in [3.05, 3.63) is 40.0 Å². The molecule has 29 heavy (non-hydrogen) atoms. The van der Waals surface area contributed by atoms with Crippen molar-refractivity contribution in [2.75, 3.05) is 36.8 Å². The third-order valence-corrected chi connectivity index (χ3v) is 5.72. The van der Waals surface area contributed by atoms with E-state index in [2.05, 4.69) is 37.4 Å². The molecule has 0 amide bonds. The molecule has 7 nitrogen and oxygen atoms in total. The first-order valence-electron chi connectivity index (χ1n) is 9.81. The maximum absolute atomic E-state index is 6.03. The lowest BCUT2D eigenvalue weighted by molar-refractivity contribution is 0.198. The molecule has 9 heteroatoms. The van der Waals surface area contributed by atoms with Crippen LogP contribution in [0, 0.1) is 12.8 Å². The smallest absolute Gasteiger partial charge is 0.254 e. The molecule has 1 aromatic carbocycles. The Morgan fingerprint density at radius 1 is 1.21 bits per heavy atom. The molecule has 0 atom stereocenters. The molecule has 0 saturated carbocycles. The van der Waals surface area contributed by atoms with Crippen LogP contribution in [0.4, 0.5) is 17.5 Å². The fourth-order valence-electron chi connectivity index (χ4n) is 3.31. The molecule has 0 unspecified atom stereocenters. The molecule has 3 rings (SSSR count). The van der Waals surface area contributed by atoms with Gasteiger partial charge in [0, 0.05) is 24.0 Å². The number of halogens is 2. The van der Waals surface area contributed by atoms with Crippen LogP contribution < -0.4 is 16.4 Å². The van der Waals surface area contributed by atoms with E-state index in [4.69, 9.17) is 28.9 Å². The van der Waals surface area contributed by atoms with E-state index in [1.54, 1.807) is 18.2 Å². The molecule has 1 aliphatic heterocycles. The van der Waals surface area contributed by atoms with E-state index in [1.807, 2.05) is 13.0 Å². The normalized spacial score (nSPS) is 16.1. The van der Waals surface area contributed by atoms with Crippen molar-refractivity contribution in [3.8, 4) is 0 Å². The maximum Gasteiger partial charge on any atom is 0.254 e. The zero-order valence-corrected chi connectivity index (χ0v) is 18.3. The fraction of sp³-hybridized carbons (Fsp3) is 0.450. The number of nitrogens with one attached hydrogen (secondary N) is 2. The highest BCUT2D eigenvalue weighted by atomic mass is 35.5. The van der Waals surface area contributed by atoms with Crippen molar-refractivity contribution < 1.29 is 0 Å². The Balaban J connectivity index is 1.62. The second-order valence-corrected chi connectivity index (χ2v) is 8.02. The average Bonchev–Trinajstić information content (AvgIpc) is 2.69. The minimum atomic E-state index is 0.173. The predicted octanol–water partition coefficient (Wildman–Crippen LogP) is 4.29. The first kappa shape index (κ1) is 21.6. The Kier molecular flexibility index (Phi) is 7.52. The van der Waals surface area contributed by atoms with Crippen LogP contribution >= 0.6 is 23.2 Å². The van der Waals surface area contributed by atoms with Gasteiger partial charge in [0.05, 0.1) is 10.0 Å². The number of rotatable bonds is 6. The van der Waals surface area contributed by atoms with Gasteiger partial charge in [0.25, 0.3) is 5.95 Å². The van der Waals surface area contributed by atoms with E-state index in [9.17, 15) is 0 Å². The lowest BCUT2D eigenvalue weighted by atomic mass is 9.97. The van der Waals surface area contributed by atoms with E-state index in [0.29, 0.717) is 27.6 Å². The number of benzene rings is 1. The molecular formula is C20H27Cl2N7. The van der Waals surface area contributed by atoms with Crippen LogP contribution in [0.2, 0.25) is 10.0 Å². The van der Waals surface area contributed by atoms with Gasteiger partial charge >= 0.3 is 0 Å². The van der Waals surface area contributed by atoms with Gasteiger partial charge in [-0.1, -0.05) is 30.1 Å². The predicted molar refractivity (Wildman–Crippen MR) is 121 cm³/mol. The van der Waals surface area contributed by atoms with Crippen LogP contribution in [0.1, 0.15) is 25.5 Å². The van der Waals surface area contributed by atoms with Crippen LogP contribution in [0.25, 0.3) is 0 Å². The van der Waals surface area contributed by atoms with Gasteiger partial charge in [0.1, 0.15) is 5.82 Å². The summed E-state index contributed by atoms with van der Waals surface area (Å²) in [6.07, 6.45) is 2.41. The largest absolute Gasteiger partial charge is 0.370 e. The highest BCUT2D eigenvalue weighted by Crippen LogP contribution is 2.25. The van der Waals surface area contributed by atoms with E-state index in [-0.39, 0.29) is 5.96 Å². The Bertz CT molecular complexity index is 864. The van der Waals surface area contributed by atoms with Gasteiger partial charge in [-0.2, -0.15) is 9.98 Å². The monoisotopic (exact) mass is 435 g/mol. The summed E-state index contributed by atoms with van der Waals surface area (Å²) in [5.41, 5.74) is 7.51. The lowest BCUT2D eigenvalue weighted by Crippen LogP contribution is -2.35. The van der Waals surface area contributed by atoms with Gasteiger partial charge < -0.3 is 21.3 Å². The highest BCUT2D eigenvalue weighted by molar-refractivity contribution is 6.42. The molecule has 0 radical (unpaired) electrons. The van der Waals surface area contributed by atoms with Crippen molar-refractivity contribution in [2.45, 2.75) is 26.7 Å². The standard InChI is InChI=1S/C20H27Cl2N7/c1-3-29-8-6-14(7-9-29)12-24-18-10-13(2)25-20(27-18)28-19(23)26-15-4-5-16(21)17(22)11-15/h4-5,10-11,14H,3,6-9,12H2,1-2H3,(H4,23,24,25,26,27,28). The summed E-state index contributed by atoms with van der Waals surface area (Å²) in [4.78, 5) is 15.6. The number of aryl methyl sites for hydroxylation is 1. The summed E-state index contributed by atoms with van der Waals surface area (Å²) in [5.74, 6) is 1.89. The molecule has 0 spiro atoms. The summed E-state index contributed by atoms with van der Waals surface area (Å²) in [7, 11) is 0. The SMILES string of the molecule is CCN1CCC(CNc2cc(C)nc(/N=C(\N)Nc3ccc(Cl)c(Cl)c3)n2)CC1. The molecule has 2 heterocycles. The van der Waals surface area contributed by atoms with Crippen LogP contribution in [-0.4, -0.2) is 47.0 Å². The average molecular weight is 436 g/mol. The minimum absolute atomic E-state index is 0.173. The number of guanidine groups is 1. The van der Waals surface area contributed by atoms with Gasteiger partial charge in [-0.15, -0.1) is 0 Å². The van der Waals surface area contributed by atoms with Gasteiger partial charge in [0.2, 0.25) is 5.96 Å². The quantitative estimate of drug-likeness (QED) is 0.462. The van der Waals surface area contributed by atoms with Crippen molar-refractivity contribution in [1.29, 1.82) is 0 Å². The van der Waals surface area contributed by atoms with E-state index in [1.165, 1.54) is 12.8 Å². The maximum atomic E-state index is 6.03. The summed E-state index contributed by atoms with van der Waals surface area (Å²) in [6.45, 7) is 8.48. The van der Waals surface area contributed by atoms with E-state index < -0.39 is 0 Å². The molecule has 1 saturated heterocycles. The van der Waals surface area contributed by atoms with Crippen LogP contribution in [-0.2, 0) is 0 Å². The van der Waals surface area contributed by atoms with Crippen molar-refractivity contribution in [3.63, 3.8) is 0 Å². The second-order valence-electron chi connectivity index (χ2n) is 7.20. The number of nitrogens with zero attached hydrogens (tertiary/aromatic N) is 4. The van der Waals surface area contributed by atoms with Gasteiger partial charge in [-0.25, -0.2) is 4.98 Å². The number of anilines is 2. The molecule has 0 bridgehead atoms. The summed E-state index contributed by atoms with van der Waals surface area (Å²) >= 11 is 12.0. The van der Waals surface area contributed by atoms with Crippen LogP contribution in [0.5, 0.6) is 0 Å². The highest BCUT2D eigenvalue weighted by Gasteiger charge is 2.18. The summed E-state index contributed by atoms with van der Waals surface area (Å²) < 4.78 is 0. The van der Waals surface area contributed by atoms with Crippen molar-refractivity contribution in [1.82, 2.24) is 14.9 Å². The molecule has 4 N–H and O–H groups in total. The third kappa shape index (κ3) is 6.45. The fourth-order valence-corrected chi connectivity index (χ4v) is 3.60. The lowest BCUT2D eigenvalue weighted by Gasteiger charge is -2.31. The zero-order chi connectivity index (χ0) is 20.8. The topological polar surface area (TPSA) is 91.5 Å². The molecule has 1 aromatic heterocycles. The number of nitrogens with two attached hydrogens (primary N) is 1. The molecule has 0 aliphatic carbocycles. The molecule has 1 aliphatic rings. The molecular weight excluding hydrogens is 409 g/mol. The first-order chi connectivity index (χ1) is 13.9. The Morgan fingerprint density at radius 3 is 2.66 bits per heavy atom. The number of piperidine rings is 1.